The molecular formula is C19H31N5O2S. The summed E-state index contributed by atoms with van der Waals surface area (Å²) in [4.78, 5) is 12.0. The third-order valence-corrected chi connectivity index (χ3v) is 7.12. The van der Waals surface area contributed by atoms with Crippen molar-refractivity contribution in [3.05, 3.63) is 24.4 Å². The summed E-state index contributed by atoms with van der Waals surface area (Å²) in [7, 11) is -3.10. The Morgan fingerprint density at radius 1 is 1.19 bits per heavy atom. The van der Waals surface area contributed by atoms with Crippen molar-refractivity contribution in [2.24, 2.45) is 11.8 Å². The second-order valence-electron chi connectivity index (χ2n) is 8.29. The van der Waals surface area contributed by atoms with Crippen molar-refractivity contribution in [3.63, 3.8) is 0 Å². The first kappa shape index (κ1) is 19.1. The topological polar surface area (TPSA) is 68.8 Å². The second kappa shape index (κ2) is 8.03. The quantitative estimate of drug-likeness (QED) is 0.758. The lowest BCUT2D eigenvalue weighted by molar-refractivity contribution is -0.0107. The van der Waals surface area contributed by atoms with Crippen molar-refractivity contribution >= 4 is 15.8 Å². The van der Waals surface area contributed by atoms with E-state index >= 15 is 0 Å². The molecule has 0 aliphatic carbocycles. The second-order valence-corrected chi connectivity index (χ2v) is 10.1. The van der Waals surface area contributed by atoms with Crippen LogP contribution in [-0.4, -0.2) is 87.9 Å². The van der Waals surface area contributed by atoms with Gasteiger partial charge in [0.2, 0.25) is 10.0 Å². The Hall–Kier alpha value is -1.22. The number of rotatable bonds is 6. The number of hydrogen-bond acceptors (Lipinski definition) is 6. The number of nitrogens with one attached hydrogen (secondary N) is 1. The van der Waals surface area contributed by atoms with Gasteiger partial charge in [-0.15, -0.1) is 0 Å². The molecule has 1 aromatic rings. The fourth-order valence-electron chi connectivity index (χ4n) is 4.95. The van der Waals surface area contributed by atoms with Gasteiger partial charge in [0.15, 0.2) is 0 Å². The van der Waals surface area contributed by atoms with Gasteiger partial charge in [0.25, 0.3) is 0 Å². The maximum absolute atomic E-state index is 11.4. The van der Waals surface area contributed by atoms with Gasteiger partial charge in [-0.2, -0.15) is 0 Å². The number of pyridine rings is 1. The van der Waals surface area contributed by atoms with E-state index in [2.05, 4.69) is 36.5 Å². The number of sulfonamides is 1. The molecule has 5 heterocycles. The largest absolute Gasteiger partial charge is 0.354 e. The number of fused-ring (bicyclic) bond motifs is 3. The van der Waals surface area contributed by atoms with Crippen LogP contribution in [0.4, 0.5) is 5.82 Å². The molecular weight excluding hydrogens is 362 g/mol. The van der Waals surface area contributed by atoms with Gasteiger partial charge in [-0.3, -0.25) is 9.80 Å². The van der Waals surface area contributed by atoms with Crippen molar-refractivity contribution in [3.8, 4) is 0 Å². The van der Waals surface area contributed by atoms with Crippen LogP contribution in [0.5, 0.6) is 0 Å². The zero-order valence-corrected chi connectivity index (χ0v) is 16.9. The maximum atomic E-state index is 11.4. The third kappa shape index (κ3) is 4.80. The minimum Gasteiger partial charge on any atom is -0.354 e. The van der Waals surface area contributed by atoms with E-state index in [0.717, 1.165) is 63.3 Å². The minimum absolute atomic E-state index is 0.371. The molecule has 1 aromatic heterocycles. The van der Waals surface area contributed by atoms with E-state index in [4.69, 9.17) is 0 Å². The molecule has 1 unspecified atom stereocenters. The Kier molecular flexibility index (Phi) is 5.68. The predicted molar refractivity (Wildman–Crippen MR) is 107 cm³/mol. The maximum Gasteiger partial charge on any atom is 0.208 e. The molecule has 0 amide bonds. The fraction of sp³-hybridized carbons (Fsp3) is 0.737. The minimum atomic E-state index is -3.10. The highest BCUT2D eigenvalue weighted by atomic mass is 32.2. The summed E-state index contributed by atoms with van der Waals surface area (Å²) in [6, 6.07) is 6.48. The molecule has 4 saturated heterocycles. The van der Waals surface area contributed by atoms with Gasteiger partial charge in [-0.05, 0) is 43.4 Å². The molecule has 5 rings (SSSR count). The summed E-state index contributed by atoms with van der Waals surface area (Å²) >= 11 is 0. The van der Waals surface area contributed by atoms with E-state index < -0.39 is 10.0 Å². The van der Waals surface area contributed by atoms with Gasteiger partial charge in [-0.25, -0.2) is 18.1 Å². The van der Waals surface area contributed by atoms with Gasteiger partial charge in [0, 0.05) is 58.1 Å². The molecule has 0 aromatic carbocycles. The average Bonchev–Trinajstić information content (AvgIpc) is 2.68. The Morgan fingerprint density at radius 2 is 2.00 bits per heavy atom. The number of aromatic nitrogens is 1. The summed E-state index contributed by atoms with van der Waals surface area (Å²) in [6.07, 6.45) is 5.50. The fourth-order valence-corrected chi connectivity index (χ4v) is 5.44. The van der Waals surface area contributed by atoms with Crippen molar-refractivity contribution in [1.29, 1.82) is 0 Å². The van der Waals surface area contributed by atoms with Crippen molar-refractivity contribution in [1.82, 2.24) is 19.5 Å². The summed E-state index contributed by atoms with van der Waals surface area (Å²) in [5.41, 5.74) is 0. The highest BCUT2D eigenvalue weighted by Crippen LogP contribution is 2.36. The molecule has 4 aliphatic rings. The van der Waals surface area contributed by atoms with Gasteiger partial charge in [0.1, 0.15) is 5.82 Å². The van der Waals surface area contributed by atoms with Gasteiger partial charge >= 0.3 is 0 Å². The first-order chi connectivity index (χ1) is 13.0. The zero-order valence-electron chi connectivity index (χ0n) is 16.1. The predicted octanol–water partition coefficient (Wildman–Crippen LogP) is 0.463. The Bertz CT molecular complexity index is 721. The molecule has 4 aliphatic heterocycles. The number of piperidine rings is 3. The van der Waals surface area contributed by atoms with Crippen molar-refractivity contribution < 1.29 is 8.42 Å². The lowest BCUT2D eigenvalue weighted by Gasteiger charge is -2.51. The van der Waals surface area contributed by atoms with Crippen molar-refractivity contribution in [2.75, 3.05) is 63.5 Å². The SMILES string of the molecule is CS(=O)(=O)NC[C@H]1C[C@@H]2CCN1C[C@@H]2CN1CCN(c2ccccn2)CC1. The standard InChI is InChI=1S/C19H31N5O2S/c1-27(25,26)21-13-18-12-16-5-7-24(18)15-17(16)14-22-8-10-23(11-9-22)19-4-2-3-6-20-19/h2-4,6,16-18,21H,5,7-15H2,1H3/t16-,17-,18+/m0/s1. The van der Waals surface area contributed by atoms with Crippen molar-refractivity contribution in [2.45, 2.75) is 18.9 Å². The van der Waals surface area contributed by atoms with Crippen LogP contribution in [0.25, 0.3) is 0 Å². The third-order valence-electron chi connectivity index (χ3n) is 6.43. The van der Waals surface area contributed by atoms with E-state index in [9.17, 15) is 8.42 Å². The molecule has 0 radical (unpaired) electrons. The number of nitrogens with zero attached hydrogens (tertiary/aromatic N) is 4. The first-order valence-electron chi connectivity index (χ1n) is 10.0. The zero-order chi connectivity index (χ0) is 18.9. The van der Waals surface area contributed by atoms with E-state index in [1.54, 1.807) is 0 Å². The molecule has 0 spiro atoms. The lowest BCUT2D eigenvalue weighted by atomic mass is 9.75. The first-order valence-corrected chi connectivity index (χ1v) is 11.9. The highest BCUT2D eigenvalue weighted by molar-refractivity contribution is 7.88. The van der Waals surface area contributed by atoms with Crippen LogP contribution < -0.4 is 9.62 Å². The van der Waals surface area contributed by atoms with Gasteiger partial charge < -0.3 is 4.90 Å². The summed E-state index contributed by atoms with van der Waals surface area (Å²) in [5, 5.41) is 0. The van der Waals surface area contributed by atoms with E-state index in [1.165, 1.54) is 19.2 Å². The molecule has 4 fully saturated rings. The normalized spacial score (nSPS) is 32.0. The Balaban J connectivity index is 1.26. The Morgan fingerprint density at radius 3 is 2.63 bits per heavy atom. The molecule has 1 N–H and O–H groups in total. The lowest BCUT2D eigenvalue weighted by Crippen LogP contribution is -2.59. The summed E-state index contributed by atoms with van der Waals surface area (Å²) in [6.45, 7) is 8.23. The average molecular weight is 394 g/mol. The summed E-state index contributed by atoms with van der Waals surface area (Å²) in [5.74, 6) is 2.53. The monoisotopic (exact) mass is 393 g/mol. The van der Waals surface area contributed by atoms with Crippen LogP contribution in [-0.2, 0) is 10.0 Å². The molecule has 8 heteroatoms. The Labute approximate surface area is 162 Å². The van der Waals surface area contributed by atoms with Crippen LogP contribution >= 0.6 is 0 Å². The molecule has 2 bridgehead atoms. The van der Waals surface area contributed by atoms with Gasteiger partial charge in [-0.1, -0.05) is 6.07 Å². The molecule has 150 valence electrons. The number of anilines is 1. The molecule has 7 nitrogen and oxygen atoms in total. The van der Waals surface area contributed by atoms with Gasteiger partial charge in [0.05, 0.1) is 6.26 Å². The molecule has 0 saturated carbocycles. The van der Waals surface area contributed by atoms with Crippen LogP contribution in [0.2, 0.25) is 0 Å². The highest BCUT2D eigenvalue weighted by Gasteiger charge is 2.40. The molecule has 27 heavy (non-hydrogen) atoms. The van der Waals surface area contributed by atoms with E-state index in [1.807, 2.05) is 12.3 Å². The van der Waals surface area contributed by atoms with E-state index in [-0.39, 0.29) is 0 Å². The van der Waals surface area contributed by atoms with Crippen LogP contribution in [0.15, 0.2) is 24.4 Å². The smallest absolute Gasteiger partial charge is 0.208 e. The van der Waals surface area contributed by atoms with Crippen LogP contribution in [0, 0.1) is 11.8 Å². The number of piperazine rings is 1. The van der Waals surface area contributed by atoms with Crippen LogP contribution in [0.3, 0.4) is 0 Å². The van der Waals surface area contributed by atoms with E-state index in [0.29, 0.717) is 12.6 Å². The summed E-state index contributed by atoms with van der Waals surface area (Å²) < 4.78 is 25.5. The van der Waals surface area contributed by atoms with Crippen LogP contribution in [0.1, 0.15) is 12.8 Å². The number of hydrogen-bond donors (Lipinski definition) is 1. The molecule has 4 atom stereocenters.